The van der Waals surface area contributed by atoms with Crippen LogP contribution in [-0.4, -0.2) is 24.5 Å². The number of nitriles is 1. The van der Waals surface area contributed by atoms with Crippen LogP contribution in [0.5, 0.6) is 5.75 Å². The number of nitrogens with zero attached hydrogens (tertiary/aromatic N) is 2. The molecular formula is C17H14BrFN2O2. The number of carbonyl (C=O) groups excluding carboxylic acids is 1. The molecule has 0 aliphatic heterocycles. The Morgan fingerprint density at radius 1 is 1.30 bits per heavy atom. The van der Waals surface area contributed by atoms with Crippen LogP contribution in [0.2, 0.25) is 0 Å². The van der Waals surface area contributed by atoms with Crippen molar-refractivity contribution in [1.82, 2.24) is 4.90 Å². The van der Waals surface area contributed by atoms with Crippen LogP contribution in [0.15, 0.2) is 46.9 Å². The van der Waals surface area contributed by atoms with Crippen molar-refractivity contribution in [3.63, 3.8) is 0 Å². The maximum atomic E-state index is 13.6. The molecule has 2 aromatic carbocycles. The summed E-state index contributed by atoms with van der Waals surface area (Å²) in [5, 5.41) is 8.75. The lowest BCUT2D eigenvalue weighted by Crippen LogP contribution is -2.31. The molecule has 4 nitrogen and oxygen atoms in total. The van der Waals surface area contributed by atoms with Gasteiger partial charge in [0.15, 0.2) is 18.2 Å². The zero-order valence-electron chi connectivity index (χ0n) is 12.4. The molecule has 0 spiro atoms. The van der Waals surface area contributed by atoms with Crippen molar-refractivity contribution >= 4 is 21.8 Å². The minimum Gasteiger partial charge on any atom is -0.481 e. The van der Waals surface area contributed by atoms with Gasteiger partial charge in [0.05, 0.1) is 11.6 Å². The zero-order valence-corrected chi connectivity index (χ0v) is 14.0. The third kappa shape index (κ3) is 4.80. The number of amides is 1. The van der Waals surface area contributed by atoms with Crippen molar-refractivity contribution in [3.8, 4) is 11.8 Å². The lowest BCUT2D eigenvalue weighted by Gasteiger charge is -2.17. The average molecular weight is 377 g/mol. The molecule has 118 valence electrons. The van der Waals surface area contributed by atoms with Crippen molar-refractivity contribution in [1.29, 1.82) is 5.26 Å². The molecule has 0 saturated heterocycles. The van der Waals surface area contributed by atoms with Gasteiger partial charge in [0.2, 0.25) is 0 Å². The van der Waals surface area contributed by atoms with E-state index in [1.807, 2.05) is 6.07 Å². The summed E-state index contributed by atoms with van der Waals surface area (Å²) in [5.74, 6) is -0.757. The number of halogens is 2. The van der Waals surface area contributed by atoms with Crippen LogP contribution in [-0.2, 0) is 11.3 Å². The maximum Gasteiger partial charge on any atom is 0.260 e. The van der Waals surface area contributed by atoms with Crippen LogP contribution in [0.4, 0.5) is 4.39 Å². The number of hydrogen-bond acceptors (Lipinski definition) is 3. The average Bonchev–Trinajstić information content (AvgIpc) is 2.54. The molecule has 0 saturated carbocycles. The summed E-state index contributed by atoms with van der Waals surface area (Å²) in [6.07, 6.45) is 0. The van der Waals surface area contributed by atoms with Crippen LogP contribution in [0.3, 0.4) is 0 Å². The Bertz CT molecular complexity index is 741. The first-order chi connectivity index (χ1) is 11.0. The number of benzene rings is 2. The van der Waals surface area contributed by atoms with Crippen molar-refractivity contribution in [3.05, 3.63) is 63.9 Å². The summed E-state index contributed by atoms with van der Waals surface area (Å²) in [4.78, 5) is 13.5. The van der Waals surface area contributed by atoms with Gasteiger partial charge in [-0.1, -0.05) is 28.1 Å². The topological polar surface area (TPSA) is 53.3 Å². The van der Waals surface area contributed by atoms with Gasteiger partial charge in [0.1, 0.15) is 0 Å². The minimum absolute atomic E-state index is 0.0355. The van der Waals surface area contributed by atoms with E-state index < -0.39 is 5.82 Å². The maximum absolute atomic E-state index is 13.6. The number of ether oxygens (including phenoxy) is 1. The minimum atomic E-state index is -0.526. The highest BCUT2D eigenvalue weighted by Crippen LogP contribution is 2.21. The Balaban J connectivity index is 1.90. The summed E-state index contributed by atoms with van der Waals surface area (Å²) in [6, 6.07) is 13.4. The molecule has 0 N–H and O–H groups in total. The molecule has 0 unspecified atom stereocenters. The summed E-state index contributed by atoms with van der Waals surface area (Å²) in [6.45, 7) is 0.141. The number of likely N-dealkylation sites (N-methyl/N-ethyl adjacent to an activating group) is 1. The Hall–Kier alpha value is -2.39. The second-order valence-corrected chi connectivity index (χ2v) is 5.84. The SMILES string of the molecule is CN(Cc1ccc(C#N)cc1)C(=O)COc1ccc(Br)cc1F. The predicted octanol–water partition coefficient (Wildman–Crippen LogP) is 3.50. The molecule has 1 amide bonds. The van der Waals surface area contributed by atoms with E-state index in [0.717, 1.165) is 5.56 Å². The fourth-order valence-corrected chi connectivity index (χ4v) is 2.22. The first-order valence-electron chi connectivity index (χ1n) is 6.80. The number of hydrogen-bond donors (Lipinski definition) is 0. The van der Waals surface area contributed by atoms with Gasteiger partial charge >= 0.3 is 0 Å². The van der Waals surface area contributed by atoms with Crippen LogP contribution >= 0.6 is 15.9 Å². The van der Waals surface area contributed by atoms with E-state index in [4.69, 9.17) is 10.00 Å². The van der Waals surface area contributed by atoms with E-state index in [2.05, 4.69) is 15.9 Å². The van der Waals surface area contributed by atoms with Crippen molar-refractivity contribution in [2.45, 2.75) is 6.54 Å². The highest BCUT2D eigenvalue weighted by atomic mass is 79.9. The summed E-state index contributed by atoms with van der Waals surface area (Å²) in [5.41, 5.74) is 1.46. The van der Waals surface area contributed by atoms with Gasteiger partial charge < -0.3 is 9.64 Å². The molecule has 0 aliphatic rings. The molecule has 6 heteroatoms. The van der Waals surface area contributed by atoms with Crippen molar-refractivity contribution in [2.75, 3.05) is 13.7 Å². The van der Waals surface area contributed by atoms with E-state index in [1.165, 1.54) is 17.0 Å². The second kappa shape index (κ2) is 7.75. The van der Waals surface area contributed by atoms with E-state index in [0.29, 0.717) is 16.6 Å². The lowest BCUT2D eigenvalue weighted by atomic mass is 10.1. The summed E-state index contributed by atoms with van der Waals surface area (Å²) in [7, 11) is 1.64. The Morgan fingerprint density at radius 2 is 2.00 bits per heavy atom. The van der Waals surface area contributed by atoms with E-state index in [9.17, 15) is 9.18 Å². The molecule has 0 atom stereocenters. The van der Waals surface area contributed by atoms with E-state index >= 15 is 0 Å². The normalized spacial score (nSPS) is 10.0. The number of carbonyl (C=O) groups is 1. The highest BCUT2D eigenvalue weighted by Gasteiger charge is 2.12. The van der Waals surface area contributed by atoms with Gasteiger partial charge in [-0.3, -0.25) is 4.79 Å². The second-order valence-electron chi connectivity index (χ2n) is 4.92. The van der Waals surface area contributed by atoms with E-state index in [-0.39, 0.29) is 18.3 Å². The first kappa shape index (κ1) is 17.0. The molecule has 0 aromatic heterocycles. The molecule has 2 aromatic rings. The fourth-order valence-electron chi connectivity index (χ4n) is 1.89. The van der Waals surface area contributed by atoms with Crippen LogP contribution in [0.25, 0.3) is 0 Å². The fraction of sp³-hybridized carbons (Fsp3) is 0.176. The monoisotopic (exact) mass is 376 g/mol. The quantitative estimate of drug-likeness (QED) is 0.802. The molecule has 23 heavy (non-hydrogen) atoms. The predicted molar refractivity (Wildman–Crippen MR) is 87.2 cm³/mol. The van der Waals surface area contributed by atoms with Crippen LogP contribution in [0.1, 0.15) is 11.1 Å². The molecular weight excluding hydrogens is 363 g/mol. The molecule has 2 rings (SSSR count). The van der Waals surface area contributed by atoms with Crippen LogP contribution < -0.4 is 4.74 Å². The third-order valence-electron chi connectivity index (χ3n) is 3.17. The van der Waals surface area contributed by atoms with Gasteiger partial charge in [-0.2, -0.15) is 5.26 Å². The summed E-state index contributed by atoms with van der Waals surface area (Å²) < 4.78 is 19.4. The molecule has 0 aliphatic carbocycles. The summed E-state index contributed by atoms with van der Waals surface area (Å²) >= 11 is 3.16. The van der Waals surface area contributed by atoms with Gasteiger partial charge in [-0.15, -0.1) is 0 Å². The lowest BCUT2D eigenvalue weighted by molar-refractivity contribution is -0.132. The van der Waals surface area contributed by atoms with Gasteiger partial charge in [-0.25, -0.2) is 4.39 Å². The third-order valence-corrected chi connectivity index (χ3v) is 3.67. The molecule has 0 bridgehead atoms. The zero-order chi connectivity index (χ0) is 16.8. The number of rotatable bonds is 5. The Kier molecular flexibility index (Phi) is 5.72. The molecule has 0 fully saturated rings. The first-order valence-corrected chi connectivity index (χ1v) is 7.60. The van der Waals surface area contributed by atoms with Gasteiger partial charge in [-0.05, 0) is 35.9 Å². The standard InChI is InChI=1S/C17H14BrFN2O2/c1-21(10-13-4-2-12(9-20)3-5-13)17(22)11-23-16-7-6-14(18)8-15(16)19/h2-8H,10-11H2,1H3. The highest BCUT2D eigenvalue weighted by molar-refractivity contribution is 9.10. The Morgan fingerprint density at radius 3 is 2.61 bits per heavy atom. The molecule has 0 radical (unpaired) electrons. The Labute approximate surface area is 142 Å². The van der Waals surface area contributed by atoms with Gasteiger partial charge in [0, 0.05) is 18.1 Å². The van der Waals surface area contributed by atoms with Gasteiger partial charge in [0.25, 0.3) is 5.91 Å². The van der Waals surface area contributed by atoms with E-state index in [1.54, 1.807) is 37.4 Å². The van der Waals surface area contributed by atoms with Crippen molar-refractivity contribution < 1.29 is 13.9 Å². The van der Waals surface area contributed by atoms with Crippen molar-refractivity contribution in [2.24, 2.45) is 0 Å². The smallest absolute Gasteiger partial charge is 0.260 e. The van der Waals surface area contributed by atoms with Crippen LogP contribution in [0, 0.1) is 17.1 Å². The largest absolute Gasteiger partial charge is 0.481 e. The molecule has 0 heterocycles.